The van der Waals surface area contributed by atoms with Gasteiger partial charge in [0, 0.05) is 16.5 Å². The molecule has 0 fully saturated rings. The first-order valence-electron chi connectivity index (χ1n) is 5.14. The Balaban J connectivity index is 3.04. The monoisotopic (exact) mass is 353 g/mol. The third-order valence-corrected chi connectivity index (χ3v) is 3.88. The fourth-order valence-corrected chi connectivity index (χ4v) is 2.14. The zero-order chi connectivity index (χ0) is 13.9. The molecule has 0 heterocycles. The van der Waals surface area contributed by atoms with Crippen LogP contribution in [0.3, 0.4) is 0 Å². The van der Waals surface area contributed by atoms with Gasteiger partial charge in [-0.2, -0.15) is 12.6 Å². The van der Waals surface area contributed by atoms with E-state index in [1.54, 1.807) is 6.07 Å². The highest BCUT2D eigenvalue weighted by atomic mass is 79.9. The first kappa shape index (κ1) is 15.6. The molecular weight excluding hydrogens is 342 g/mol. The minimum absolute atomic E-state index is 0.149. The number of ether oxygens (including phenoxy) is 1. The lowest BCUT2D eigenvalue weighted by Gasteiger charge is -2.22. The maximum absolute atomic E-state index is 11.0. The number of hydrogen-bond donors (Lipinski definition) is 1. The van der Waals surface area contributed by atoms with Crippen LogP contribution in [0.15, 0.2) is 16.6 Å². The second-order valence-corrected chi connectivity index (χ2v) is 6.21. The summed E-state index contributed by atoms with van der Waals surface area (Å²) in [4.78, 5) is 10.4. The number of nitro groups is 1. The molecule has 7 heteroatoms. The summed E-state index contributed by atoms with van der Waals surface area (Å²) in [5.74, 6) is 0.811. The van der Waals surface area contributed by atoms with Crippen LogP contribution < -0.4 is 4.74 Å². The quantitative estimate of drug-likeness (QED) is 0.486. The molecule has 1 aromatic carbocycles. The molecule has 100 valence electrons. The van der Waals surface area contributed by atoms with E-state index in [-0.39, 0.29) is 21.9 Å². The average molecular weight is 355 g/mol. The fourth-order valence-electron chi connectivity index (χ4n) is 1.14. The van der Waals surface area contributed by atoms with E-state index in [4.69, 9.17) is 16.3 Å². The van der Waals surface area contributed by atoms with Crippen molar-refractivity contribution in [2.24, 2.45) is 5.41 Å². The van der Waals surface area contributed by atoms with E-state index < -0.39 is 4.92 Å². The van der Waals surface area contributed by atoms with Crippen LogP contribution in [0.1, 0.15) is 13.8 Å². The Morgan fingerprint density at radius 3 is 2.67 bits per heavy atom. The molecular formula is C11H13BrClNO3S. The van der Waals surface area contributed by atoms with Crippen molar-refractivity contribution < 1.29 is 9.66 Å². The molecule has 0 N–H and O–H groups in total. The van der Waals surface area contributed by atoms with Crippen molar-refractivity contribution in [2.45, 2.75) is 13.8 Å². The van der Waals surface area contributed by atoms with Crippen LogP contribution in [-0.2, 0) is 0 Å². The third-order valence-electron chi connectivity index (χ3n) is 2.22. The molecule has 0 aromatic heterocycles. The van der Waals surface area contributed by atoms with Crippen LogP contribution in [0, 0.1) is 15.5 Å². The van der Waals surface area contributed by atoms with Crippen LogP contribution in [0.25, 0.3) is 0 Å². The number of rotatable bonds is 5. The van der Waals surface area contributed by atoms with Crippen molar-refractivity contribution in [3.05, 3.63) is 31.7 Å². The van der Waals surface area contributed by atoms with Crippen LogP contribution >= 0.6 is 40.2 Å². The Labute approximate surface area is 124 Å². The third kappa shape index (κ3) is 4.03. The number of nitro benzene ring substituents is 1. The second kappa shape index (κ2) is 6.12. The first-order valence-corrected chi connectivity index (χ1v) is 6.94. The molecule has 0 atom stereocenters. The highest BCUT2D eigenvalue weighted by Gasteiger charge is 2.23. The van der Waals surface area contributed by atoms with E-state index in [1.165, 1.54) is 6.07 Å². The topological polar surface area (TPSA) is 52.4 Å². The Bertz CT molecular complexity index is 468. The van der Waals surface area contributed by atoms with Gasteiger partial charge in [-0.1, -0.05) is 25.4 Å². The van der Waals surface area contributed by atoms with Gasteiger partial charge in [-0.3, -0.25) is 10.1 Å². The van der Waals surface area contributed by atoms with E-state index in [2.05, 4.69) is 28.6 Å². The first-order chi connectivity index (χ1) is 8.26. The molecule has 18 heavy (non-hydrogen) atoms. The molecule has 0 bridgehead atoms. The second-order valence-electron chi connectivity index (χ2n) is 4.60. The van der Waals surface area contributed by atoms with E-state index in [1.807, 2.05) is 13.8 Å². The lowest BCUT2D eigenvalue weighted by atomic mass is 9.98. The molecule has 0 amide bonds. The Hall–Kier alpha value is -0.460. The highest BCUT2D eigenvalue weighted by molar-refractivity contribution is 9.10. The fraction of sp³-hybridized carbons (Fsp3) is 0.455. The van der Waals surface area contributed by atoms with Gasteiger partial charge in [0.15, 0.2) is 0 Å². The lowest BCUT2D eigenvalue weighted by molar-refractivity contribution is -0.386. The van der Waals surface area contributed by atoms with Gasteiger partial charge in [-0.25, -0.2) is 0 Å². The molecule has 0 unspecified atom stereocenters. The van der Waals surface area contributed by atoms with Gasteiger partial charge in [0.2, 0.25) is 5.75 Å². The molecule has 0 aliphatic heterocycles. The molecule has 0 radical (unpaired) electrons. The van der Waals surface area contributed by atoms with Gasteiger partial charge in [-0.15, -0.1) is 0 Å². The van der Waals surface area contributed by atoms with Gasteiger partial charge >= 0.3 is 5.69 Å². The Morgan fingerprint density at radius 1 is 1.56 bits per heavy atom. The van der Waals surface area contributed by atoms with Crippen LogP contribution in [0.4, 0.5) is 5.69 Å². The molecule has 4 nitrogen and oxygen atoms in total. The van der Waals surface area contributed by atoms with Gasteiger partial charge in [0.1, 0.15) is 0 Å². The van der Waals surface area contributed by atoms with E-state index in [9.17, 15) is 10.1 Å². The van der Waals surface area contributed by atoms with Crippen molar-refractivity contribution in [2.75, 3.05) is 12.4 Å². The van der Waals surface area contributed by atoms with Crippen molar-refractivity contribution in [3.8, 4) is 5.75 Å². The van der Waals surface area contributed by atoms with Crippen molar-refractivity contribution in [1.29, 1.82) is 0 Å². The zero-order valence-corrected chi connectivity index (χ0v) is 13.2. The normalized spacial score (nSPS) is 11.4. The van der Waals surface area contributed by atoms with Gasteiger partial charge in [-0.05, 0) is 27.7 Å². The molecule has 0 saturated heterocycles. The maximum Gasteiger partial charge on any atom is 0.313 e. The lowest BCUT2D eigenvalue weighted by Crippen LogP contribution is -2.23. The number of nitrogens with zero attached hydrogens (tertiary/aromatic N) is 1. The minimum Gasteiger partial charge on any atom is -0.485 e. The summed E-state index contributed by atoms with van der Waals surface area (Å²) in [5, 5.41) is 11.2. The largest absolute Gasteiger partial charge is 0.485 e. The van der Waals surface area contributed by atoms with E-state index >= 15 is 0 Å². The summed E-state index contributed by atoms with van der Waals surface area (Å²) in [5.41, 5.74) is -0.319. The number of halogens is 2. The predicted octanol–water partition coefficient (Wildman–Crippen LogP) is 4.35. The molecule has 0 aliphatic carbocycles. The van der Waals surface area contributed by atoms with E-state index in [0.717, 1.165) is 0 Å². The number of hydrogen-bond acceptors (Lipinski definition) is 4. The average Bonchev–Trinajstić information content (AvgIpc) is 2.26. The van der Waals surface area contributed by atoms with Crippen molar-refractivity contribution >= 4 is 45.8 Å². The SMILES string of the molecule is CC(C)(CS)COc1c(Br)cc(Cl)cc1[N+](=O)[O-]. The molecule has 0 saturated carbocycles. The van der Waals surface area contributed by atoms with Gasteiger partial charge < -0.3 is 4.74 Å². The summed E-state index contributed by atoms with van der Waals surface area (Å²) in [6.45, 7) is 4.27. The summed E-state index contributed by atoms with van der Waals surface area (Å²) in [7, 11) is 0. The van der Waals surface area contributed by atoms with Gasteiger partial charge in [0.05, 0.1) is 16.0 Å². The summed E-state index contributed by atoms with van der Waals surface area (Å²) in [6.07, 6.45) is 0. The highest BCUT2D eigenvalue weighted by Crippen LogP contribution is 2.38. The van der Waals surface area contributed by atoms with Crippen molar-refractivity contribution in [3.63, 3.8) is 0 Å². The molecule has 0 aliphatic rings. The Morgan fingerprint density at radius 2 is 2.17 bits per heavy atom. The summed E-state index contributed by atoms with van der Waals surface area (Å²) in [6, 6.07) is 2.84. The summed E-state index contributed by atoms with van der Waals surface area (Å²) < 4.78 is 6.01. The van der Waals surface area contributed by atoms with Crippen molar-refractivity contribution in [1.82, 2.24) is 0 Å². The molecule has 0 spiro atoms. The van der Waals surface area contributed by atoms with Crippen LogP contribution in [0.2, 0.25) is 5.02 Å². The van der Waals surface area contributed by atoms with E-state index in [0.29, 0.717) is 16.8 Å². The maximum atomic E-state index is 11.0. The predicted molar refractivity (Wildman–Crippen MR) is 78.9 cm³/mol. The summed E-state index contributed by atoms with van der Waals surface area (Å²) >= 11 is 13.2. The smallest absolute Gasteiger partial charge is 0.313 e. The van der Waals surface area contributed by atoms with Crippen LogP contribution in [0.5, 0.6) is 5.75 Å². The minimum atomic E-state index is -0.514. The molecule has 1 aromatic rings. The van der Waals surface area contributed by atoms with Crippen LogP contribution in [-0.4, -0.2) is 17.3 Å². The standard InChI is InChI=1S/C11H13BrClNO3S/c1-11(2,6-18)5-17-10-8(12)3-7(13)4-9(10)14(15)16/h3-4,18H,5-6H2,1-2H3. The number of benzene rings is 1. The van der Waals surface area contributed by atoms with Gasteiger partial charge in [0.25, 0.3) is 0 Å². The Kier molecular flexibility index (Phi) is 5.31. The zero-order valence-electron chi connectivity index (χ0n) is 9.94. The number of thiol groups is 1. The molecule has 1 rings (SSSR count).